The Kier molecular flexibility index (Phi) is 4.04. The van der Waals surface area contributed by atoms with Gasteiger partial charge in [-0.15, -0.1) is 0 Å². The van der Waals surface area contributed by atoms with Crippen LogP contribution in [0.15, 0.2) is 60.7 Å². The SMILES string of the molecule is N#CNC(Nc1ccccc1)Oc1ccccc1. The van der Waals surface area contributed by atoms with Gasteiger partial charge in [0, 0.05) is 5.69 Å². The summed E-state index contributed by atoms with van der Waals surface area (Å²) in [6, 6.07) is 18.9. The number of nitrogens with one attached hydrogen (secondary N) is 2. The Morgan fingerprint density at radius 2 is 1.56 bits per heavy atom. The molecule has 1 atom stereocenters. The molecule has 2 rings (SSSR count). The lowest BCUT2D eigenvalue weighted by Crippen LogP contribution is -2.38. The van der Waals surface area contributed by atoms with Crippen molar-refractivity contribution in [3.63, 3.8) is 0 Å². The van der Waals surface area contributed by atoms with Crippen LogP contribution in [-0.2, 0) is 0 Å². The van der Waals surface area contributed by atoms with Gasteiger partial charge in [-0.3, -0.25) is 5.32 Å². The molecule has 0 bridgehead atoms. The average molecular weight is 239 g/mol. The van der Waals surface area contributed by atoms with Gasteiger partial charge in [-0.25, -0.2) is 0 Å². The lowest BCUT2D eigenvalue weighted by Gasteiger charge is -2.19. The molecule has 0 aliphatic carbocycles. The molecule has 0 saturated heterocycles. The van der Waals surface area contributed by atoms with E-state index in [2.05, 4.69) is 10.6 Å². The molecule has 0 aromatic heterocycles. The van der Waals surface area contributed by atoms with E-state index < -0.39 is 6.35 Å². The standard InChI is InChI=1S/C14H13N3O/c15-11-16-14(17-12-7-3-1-4-8-12)18-13-9-5-2-6-10-13/h1-10,14,16-17H. The van der Waals surface area contributed by atoms with Crippen LogP contribution in [0.25, 0.3) is 0 Å². The number of hydrogen-bond donors (Lipinski definition) is 2. The molecule has 4 heteroatoms. The van der Waals surface area contributed by atoms with Crippen molar-refractivity contribution in [2.24, 2.45) is 0 Å². The van der Waals surface area contributed by atoms with E-state index >= 15 is 0 Å². The molecule has 0 aliphatic rings. The normalized spacial score (nSPS) is 11.1. The number of ether oxygens (including phenoxy) is 1. The number of nitriles is 1. The molecule has 90 valence electrons. The Hall–Kier alpha value is -2.67. The first-order valence-corrected chi connectivity index (χ1v) is 5.56. The molecule has 18 heavy (non-hydrogen) atoms. The number of nitrogens with zero attached hydrogens (tertiary/aromatic N) is 1. The molecule has 2 aromatic carbocycles. The van der Waals surface area contributed by atoms with Crippen LogP contribution in [0.1, 0.15) is 0 Å². The Morgan fingerprint density at radius 1 is 0.944 bits per heavy atom. The summed E-state index contributed by atoms with van der Waals surface area (Å²) in [7, 11) is 0. The summed E-state index contributed by atoms with van der Waals surface area (Å²) in [5, 5.41) is 14.3. The first-order chi connectivity index (χ1) is 8.88. The fourth-order valence-electron chi connectivity index (χ4n) is 1.47. The minimum atomic E-state index is -0.597. The second-order valence-electron chi connectivity index (χ2n) is 3.58. The lowest BCUT2D eigenvalue weighted by atomic mass is 10.3. The number of benzene rings is 2. The predicted molar refractivity (Wildman–Crippen MR) is 69.7 cm³/mol. The molecule has 0 spiro atoms. The minimum Gasteiger partial charge on any atom is -0.452 e. The van der Waals surface area contributed by atoms with E-state index in [0.717, 1.165) is 5.69 Å². The first-order valence-electron chi connectivity index (χ1n) is 5.56. The van der Waals surface area contributed by atoms with Gasteiger partial charge in [0.2, 0.25) is 0 Å². The van der Waals surface area contributed by atoms with Crippen LogP contribution in [-0.4, -0.2) is 6.35 Å². The zero-order valence-corrected chi connectivity index (χ0v) is 9.71. The minimum absolute atomic E-state index is 0.597. The smallest absolute Gasteiger partial charge is 0.256 e. The fourth-order valence-corrected chi connectivity index (χ4v) is 1.47. The first kappa shape index (κ1) is 11.8. The van der Waals surface area contributed by atoms with Crippen LogP contribution in [0.2, 0.25) is 0 Å². The highest BCUT2D eigenvalue weighted by atomic mass is 16.5. The van der Waals surface area contributed by atoms with Gasteiger partial charge in [-0.05, 0) is 24.3 Å². The molecule has 0 heterocycles. The van der Waals surface area contributed by atoms with Crippen molar-refractivity contribution < 1.29 is 4.74 Å². The van der Waals surface area contributed by atoms with E-state index in [1.165, 1.54) is 0 Å². The number of rotatable bonds is 5. The van der Waals surface area contributed by atoms with Crippen LogP contribution < -0.4 is 15.4 Å². The topological polar surface area (TPSA) is 57.1 Å². The summed E-state index contributed by atoms with van der Waals surface area (Å²) in [6.07, 6.45) is 1.27. The van der Waals surface area contributed by atoms with Gasteiger partial charge in [-0.1, -0.05) is 36.4 Å². The van der Waals surface area contributed by atoms with E-state index in [-0.39, 0.29) is 0 Å². The van der Waals surface area contributed by atoms with Crippen molar-refractivity contribution >= 4 is 5.69 Å². The van der Waals surface area contributed by atoms with Gasteiger partial charge in [0.25, 0.3) is 6.35 Å². The Bertz CT molecular complexity index is 466. The van der Waals surface area contributed by atoms with Gasteiger partial charge in [-0.2, -0.15) is 5.26 Å². The third kappa shape index (κ3) is 3.42. The van der Waals surface area contributed by atoms with Crippen molar-refractivity contribution in [1.29, 1.82) is 5.26 Å². The van der Waals surface area contributed by atoms with Crippen molar-refractivity contribution in [3.05, 3.63) is 60.7 Å². The summed E-state index contributed by atoms with van der Waals surface area (Å²) in [5.74, 6) is 0.689. The van der Waals surface area contributed by atoms with Gasteiger partial charge in [0.15, 0.2) is 6.19 Å². The predicted octanol–water partition coefficient (Wildman–Crippen LogP) is 2.53. The lowest BCUT2D eigenvalue weighted by molar-refractivity contribution is 0.212. The molecular formula is C14H13N3O. The van der Waals surface area contributed by atoms with Gasteiger partial charge in [0.1, 0.15) is 5.75 Å². The van der Waals surface area contributed by atoms with Crippen LogP contribution >= 0.6 is 0 Å². The van der Waals surface area contributed by atoms with Gasteiger partial charge in [0.05, 0.1) is 0 Å². The third-order valence-corrected chi connectivity index (χ3v) is 2.26. The molecule has 4 nitrogen and oxygen atoms in total. The van der Waals surface area contributed by atoms with Crippen molar-refractivity contribution in [1.82, 2.24) is 5.32 Å². The zero-order chi connectivity index (χ0) is 12.6. The van der Waals surface area contributed by atoms with Crippen molar-refractivity contribution in [2.75, 3.05) is 5.32 Å². The summed E-state index contributed by atoms with van der Waals surface area (Å²) < 4.78 is 5.61. The fraction of sp³-hybridized carbons (Fsp3) is 0.0714. The zero-order valence-electron chi connectivity index (χ0n) is 9.71. The molecule has 0 aliphatic heterocycles. The Labute approximate surface area is 106 Å². The number of hydrogen-bond acceptors (Lipinski definition) is 4. The monoisotopic (exact) mass is 239 g/mol. The highest BCUT2D eigenvalue weighted by Crippen LogP contribution is 2.12. The maximum atomic E-state index is 8.71. The maximum Gasteiger partial charge on any atom is 0.256 e. The summed E-state index contributed by atoms with van der Waals surface area (Å²) in [5.41, 5.74) is 0.876. The largest absolute Gasteiger partial charge is 0.452 e. The molecule has 0 amide bonds. The third-order valence-electron chi connectivity index (χ3n) is 2.26. The van der Waals surface area contributed by atoms with E-state index in [1.807, 2.05) is 66.9 Å². The van der Waals surface area contributed by atoms with Crippen LogP contribution in [0.5, 0.6) is 5.75 Å². The Balaban J connectivity index is 2.03. The molecular weight excluding hydrogens is 226 g/mol. The van der Waals surface area contributed by atoms with E-state index in [9.17, 15) is 0 Å². The molecule has 2 N–H and O–H groups in total. The summed E-state index contributed by atoms with van der Waals surface area (Å²) in [4.78, 5) is 0. The van der Waals surface area contributed by atoms with Gasteiger partial charge < -0.3 is 10.1 Å². The van der Waals surface area contributed by atoms with E-state index in [0.29, 0.717) is 5.75 Å². The molecule has 0 radical (unpaired) electrons. The van der Waals surface area contributed by atoms with E-state index in [4.69, 9.17) is 10.00 Å². The van der Waals surface area contributed by atoms with E-state index in [1.54, 1.807) is 0 Å². The van der Waals surface area contributed by atoms with Crippen LogP contribution in [0.4, 0.5) is 5.69 Å². The van der Waals surface area contributed by atoms with Crippen LogP contribution in [0.3, 0.4) is 0 Å². The number of anilines is 1. The Morgan fingerprint density at radius 3 is 2.17 bits per heavy atom. The molecule has 2 aromatic rings. The second kappa shape index (κ2) is 6.16. The second-order valence-corrected chi connectivity index (χ2v) is 3.58. The van der Waals surface area contributed by atoms with Crippen LogP contribution in [0, 0.1) is 11.5 Å². The van der Waals surface area contributed by atoms with Crippen molar-refractivity contribution in [3.8, 4) is 11.9 Å². The van der Waals surface area contributed by atoms with Gasteiger partial charge >= 0.3 is 0 Å². The average Bonchev–Trinajstić information content (AvgIpc) is 2.41. The highest BCUT2D eigenvalue weighted by molar-refractivity contribution is 5.43. The quantitative estimate of drug-likeness (QED) is 0.478. The highest BCUT2D eigenvalue weighted by Gasteiger charge is 2.08. The maximum absolute atomic E-state index is 8.71. The summed E-state index contributed by atoms with van der Waals surface area (Å²) >= 11 is 0. The molecule has 0 saturated carbocycles. The molecule has 1 unspecified atom stereocenters. The summed E-state index contributed by atoms with van der Waals surface area (Å²) in [6.45, 7) is 0. The molecule has 0 fully saturated rings. The number of para-hydroxylation sites is 2. The van der Waals surface area contributed by atoms with Crippen molar-refractivity contribution in [2.45, 2.75) is 6.35 Å².